The molecular formula is C14H15BrN2O. The van der Waals surface area contributed by atoms with Crippen LogP contribution in [-0.4, -0.2) is 12.1 Å². The molecule has 4 heteroatoms. The zero-order valence-electron chi connectivity index (χ0n) is 10.4. The third kappa shape index (κ3) is 2.54. The van der Waals surface area contributed by atoms with Crippen LogP contribution in [0.4, 0.5) is 0 Å². The van der Waals surface area contributed by atoms with Gasteiger partial charge in [0.2, 0.25) is 0 Å². The lowest BCUT2D eigenvalue weighted by Gasteiger charge is -2.17. The van der Waals surface area contributed by atoms with Crippen molar-refractivity contribution < 1.29 is 4.74 Å². The first-order chi connectivity index (χ1) is 8.63. The summed E-state index contributed by atoms with van der Waals surface area (Å²) in [7, 11) is 1.63. The van der Waals surface area contributed by atoms with E-state index in [0.717, 1.165) is 21.3 Å². The number of halogens is 1. The molecule has 0 aliphatic heterocycles. The van der Waals surface area contributed by atoms with E-state index in [1.807, 2.05) is 37.3 Å². The lowest BCUT2D eigenvalue weighted by molar-refractivity contribution is 0.404. The fourth-order valence-electron chi connectivity index (χ4n) is 1.94. The molecule has 2 rings (SSSR count). The number of ether oxygens (including phenoxy) is 1. The minimum atomic E-state index is -0.283. The Hall–Kier alpha value is -1.39. The maximum Gasteiger partial charge on any atom is 0.142 e. The third-order valence-corrected chi connectivity index (χ3v) is 3.37. The average Bonchev–Trinajstić information content (AvgIpc) is 2.38. The van der Waals surface area contributed by atoms with Crippen LogP contribution in [0.2, 0.25) is 0 Å². The molecule has 1 unspecified atom stereocenters. The van der Waals surface area contributed by atoms with Crippen molar-refractivity contribution in [2.45, 2.75) is 13.0 Å². The summed E-state index contributed by atoms with van der Waals surface area (Å²) in [5.41, 5.74) is 9.22. The van der Waals surface area contributed by atoms with Crippen molar-refractivity contribution in [2.24, 2.45) is 5.73 Å². The van der Waals surface area contributed by atoms with Gasteiger partial charge in [0.05, 0.1) is 13.2 Å². The van der Waals surface area contributed by atoms with Gasteiger partial charge in [-0.15, -0.1) is 0 Å². The van der Waals surface area contributed by atoms with E-state index in [1.54, 1.807) is 13.3 Å². The minimum absolute atomic E-state index is 0.283. The van der Waals surface area contributed by atoms with Crippen molar-refractivity contribution in [3.8, 4) is 5.75 Å². The molecule has 0 aliphatic carbocycles. The Balaban J connectivity index is 2.44. The summed E-state index contributed by atoms with van der Waals surface area (Å²) in [5.74, 6) is 0.715. The second kappa shape index (κ2) is 5.50. The number of hydrogen-bond acceptors (Lipinski definition) is 3. The summed E-state index contributed by atoms with van der Waals surface area (Å²) >= 11 is 3.45. The molecule has 2 N–H and O–H groups in total. The van der Waals surface area contributed by atoms with Gasteiger partial charge in [-0.05, 0) is 42.3 Å². The number of pyridine rings is 1. The highest BCUT2D eigenvalue weighted by Crippen LogP contribution is 2.28. The van der Waals surface area contributed by atoms with Crippen LogP contribution in [0.25, 0.3) is 0 Å². The molecule has 18 heavy (non-hydrogen) atoms. The van der Waals surface area contributed by atoms with Gasteiger partial charge in [-0.1, -0.05) is 22.0 Å². The molecule has 1 atom stereocenters. The molecule has 94 valence electrons. The van der Waals surface area contributed by atoms with Crippen LogP contribution in [-0.2, 0) is 0 Å². The molecule has 3 nitrogen and oxygen atoms in total. The Kier molecular flexibility index (Phi) is 3.99. The van der Waals surface area contributed by atoms with Gasteiger partial charge >= 0.3 is 0 Å². The lowest BCUT2D eigenvalue weighted by atomic mass is 9.99. The van der Waals surface area contributed by atoms with E-state index in [4.69, 9.17) is 10.5 Å². The number of nitrogens with zero attached hydrogens (tertiary/aromatic N) is 1. The first kappa shape index (κ1) is 13.1. The Labute approximate surface area is 115 Å². The number of nitrogens with two attached hydrogens (primary N) is 1. The smallest absolute Gasteiger partial charge is 0.142 e. The normalized spacial score (nSPS) is 12.2. The summed E-state index contributed by atoms with van der Waals surface area (Å²) in [6, 6.07) is 9.47. The molecule has 0 bridgehead atoms. The van der Waals surface area contributed by atoms with E-state index >= 15 is 0 Å². The van der Waals surface area contributed by atoms with Crippen molar-refractivity contribution in [1.82, 2.24) is 4.98 Å². The lowest BCUT2D eigenvalue weighted by Crippen LogP contribution is -2.15. The molecule has 2 aromatic rings. The van der Waals surface area contributed by atoms with E-state index in [9.17, 15) is 0 Å². The summed E-state index contributed by atoms with van der Waals surface area (Å²) in [5, 5.41) is 0. The minimum Gasteiger partial charge on any atom is -0.495 e. The molecule has 1 heterocycles. The zero-order chi connectivity index (χ0) is 13.1. The van der Waals surface area contributed by atoms with Crippen molar-refractivity contribution in [3.63, 3.8) is 0 Å². The highest BCUT2D eigenvalue weighted by molar-refractivity contribution is 9.10. The number of aromatic nitrogens is 1. The second-order valence-corrected chi connectivity index (χ2v) is 4.99. The highest BCUT2D eigenvalue weighted by atomic mass is 79.9. The SMILES string of the molecule is COc1cccnc1C(N)c1ccc(Br)cc1C. The molecule has 1 aromatic carbocycles. The van der Waals surface area contributed by atoms with Crippen molar-refractivity contribution >= 4 is 15.9 Å². The van der Waals surface area contributed by atoms with E-state index in [0.29, 0.717) is 5.75 Å². The summed E-state index contributed by atoms with van der Waals surface area (Å²) in [4.78, 5) is 4.33. The second-order valence-electron chi connectivity index (χ2n) is 4.07. The van der Waals surface area contributed by atoms with Crippen LogP contribution in [0.5, 0.6) is 5.75 Å². The van der Waals surface area contributed by atoms with Crippen LogP contribution in [0.15, 0.2) is 41.0 Å². The third-order valence-electron chi connectivity index (χ3n) is 2.88. The number of aryl methyl sites for hydroxylation is 1. The summed E-state index contributed by atoms with van der Waals surface area (Å²) < 4.78 is 6.35. The molecule has 0 radical (unpaired) electrons. The standard InChI is InChI=1S/C14H15BrN2O/c1-9-8-10(15)5-6-11(9)13(16)14-12(18-2)4-3-7-17-14/h3-8,13H,16H2,1-2H3. The van der Waals surface area contributed by atoms with Crippen LogP contribution in [0.1, 0.15) is 22.9 Å². The molecule has 0 fully saturated rings. The number of hydrogen-bond donors (Lipinski definition) is 1. The Bertz CT molecular complexity index is 557. The first-order valence-electron chi connectivity index (χ1n) is 5.64. The van der Waals surface area contributed by atoms with Gasteiger partial charge in [-0.3, -0.25) is 4.98 Å². The van der Waals surface area contributed by atoms with Crippen molar-refractivity contribution in [2.75, 3.05) is 7.11 Å². The van der Waals surface area contributed by atoms with Gasteiger partial charge in [0.25, 0.3) is 0 Å². The summed E-state index contributed by atoms with van der Waals surface area (Å²) in [6.07, 6.45) is 1.73. The highest BCUT2D eigenvalue weighted by Gasteiger charge is 2.16. The predicted molar refractivity (Wildman–Crippen MR) is 75.7 cm³/mol. The van der Waals surface area contributed by atoms with E-state index in [-0.39, 0.29) is 6.04 Å². The molecule has 0 saturated carbocycles. The predicted octanol–water partition coefficient (Wildman–Crippen LogP) is 3.21. The fourth-order valence-corrected chi connectivity index (χ4v) is 2.42. The number of methoxy groups -OCH3 is 1. The van der Waals surface area contributed by atoms with Gasteiger partial charge < -0.3 is 10.5 Å². The Morgan fingerprint density at radius 1 is 1.33 bits per heavy atom. The quantitative estimate of drug-likeness (QED) is 0.947. The maximum atomic E-state index is 6.29. The number of rotatable bonds is 3. The Morgan fingerprint density at radius 3 is 2.78 bits per heavy atom. The van der Waals surface area contributed by atoms with Crippen LogP contribution in [0.3, 0.4) is 0 Å². The molecule has 0 aliphatic rings. The largest absolute Gasteiger partial charge is 0.495 e. The fraction of sp³-hybridized carbons (Fsp3) is 0.214. The van der Waals surface area contributed by atoms with Crippen LogP contribution < -0.4 is 10.5 Å². The summed E-state index contributed by atoms with van der Waals surface area (Å²) in [6.45, 7) is 2.04. The molecule has 0 saturated heterocycles. The first-order valence-corrected chi connectivity index (χ1v) is 6.43. The van der Waals surface area contributed by atoms with Crippen LogP contribution >= 0.6 is 15.9 Å². The van der Waals surface area contributed by atoms with Gasteiger partial charge in [0, 0.05) is 10.7 Å². The van der Waals surface area contributed by atoms with Crippen molar-refractivity contribution in [3.05, 3.63) is 57.8 Å². The van der Waals surface area contributed by atoms with Crippen LogP contribution in [0, 0.1) is 6.92 Å². The topological polar surface area (TPSA) is 48.1 Å². The van der Waals surface area contributed by atoms with Gasteiger partial charge in [0.15, 0.2) is 0 Å². The molecule has 0 amide bonds. The number of benzene rings is 1. The monoisotopic (exact) mass is 306 g/mol. The van der Waals surface area contributed by atoms with Crippen molar-refractivity contribution in [1.29, 1.82) is 0 Å². The molecular weight excluding hydrogens is 292 g/mol. The zero-order valence-corrected chi connectivity index (χ0v) is 11.9. The van der Waals surface area contributed by atoms with E-state index in [2.05, 4.69) is 20.9 Å². The van der Waals surface area contributed by atoms with E-state index < -0.39 is 0 Å². The maximum absolute atomic E-state index is 6.29. The van der Waals surface area contributed by atoms with Gasteiger partial charge in [-0.25, -0.2) is 0 Å². The van der Waals surface area contributed by atoms with Gasteiger partial charge in [0.1, 0.15) is 11.4 Å². The van der Waals surface area contributed by atoms with E-state index in [1.165, 1.54) is 0 Å². The Morgan fingerprint density at radius 2 is 2.11 bits per heavy atom. The molecule has 0 spiro atoms. The average molecular weight is 307 g/mol. The molecule has 1 aromatic heterocycles. The van der Waals surface area contributed by atoms with Gasteiger partial charge in [-0.2, -0.15) is 0 Å².